The van der Waals surface area contributed by atoms with Crippen LogP contribution in [0.3, 0.4) is 0 Å². The molecule has 0 saturated heterocycles. The van der Waals surface area contributed by atoms with E-state index in [1.807, 2.05) is 6.92 Å². The standard InChI is InChI=1S/C12H15Cl2NO/c1-2-3-9(7-15)12(16)8-4-5-10(13)11(14)6-8/h4-6,9H,2-3,7,15H2,1H3. The topological polar surface area (TPSA) is 43.1 Å². The van der Waals surface area contributed by atoms with Crippen molar-refractivity contribution in [2.24, 2.45) is 11.7 Å². The molecule has 1 aromatic carbocycles. The van der Waals surface area contributed by atoms with Crippen molar-refractivity contribution in [2.75, 3.05) is 6.54 Å². The summed E-state index contributed by atoms with van der Waals surface area (Å²) in [6.45, 7) is 2.40. The Balaban J connectivity index is 2.90. The van der Waals surface area contributed by atoms with Gasteiger partial charge in [-0.05, 0) is 24.6 Å². The van der Waals surface area contributed by atoms with E-state index < -0.39 is 0 Å². The van der Waals surface area contributed by atoms with E-state index in [1.165, 1.54) is 0 Å². The first kappa shape index (κ1) is 13.5. The Labute approximate surface area is 106 Å². The van der Waals surface area contributed by atoms with E-state index in [9.17, 15) is 4.79 Å². The molecule has 4 heteroatoms. The maximum atomic E-state index is 12.0. The van der Waals surface area contributed by atoms with Crippen LogP contribution in [-0.2, 0) is 0 Å². The minimum absolute atomic E-state index is 0.0444. The molecule has 2 N–H and O–H groups in total. The summed E-state index contributed by atoms with van der Waals surface area (Å²) in [5.41, 5.74) is 6.17. The molecule has 1 unspecified atom stereocenters. The third-order valence-electron chi connectivity index (χ3n) is 2.50. The number of nitrogens with two attached hydrogens (primary N) is 1. The Hall–Kier alpha value is -0.570. The Kier molecular flexibility index (Phi) is 5.26. The van der Waals surface area contributed by atoms with Gasteiger partial charge in [0.15, 0.2) is 5.78 Å². The molecule has 0 fully saturated rings. The maximum absolute atomic E-state index is 12.0. The largest absolute Gasteiger partial charge is 0.330 e. The lowest BCUT2D eigenvalue weighted by Crippen LogP contribution is -2.23. The highest BCUT2D eigenvalue weighted by Gasteiger charge is 2.18. The molecule has 16 heavy (non-hydrogen) atoms. The average molecular weight is 260 g/mol. The fraction of sp³-hybridized carbons (Fsp3) is 0.417. The zero-order chi connectivity index (χ0) is 12.1. The van der Waals surface area contributed by atoms with Crippen LogP contribution in [0.5, 0.6) is 0 Å². The minimum atomic E-state index is -0.123. The highest BCUT2D eigenvalue weighted by Crippen LogP contribution is 2.24. The van der Waals surface area contributed by atoms with Crippen molar-refractivity contribution >= 4 is 29.0 Å². The van der Waals surface area contributed by atoms with Crippen molar-refractivity contribution in [1.82, 2.24) is 0 Å². The Morgan fingerprint density at radius 1 is 1.38 bits per heavy atom. The van der Waals surface area contributed by atoms with Gasteiger partial charge in [0.1, 0.15) is 0 Å². The van der Waals surface area contributed by atoms with Gasteiger partial charge in [-0.2, -0.15) is 0 Å². The molecule has 2 nitrogen and oxygen atoms in total. The van der Waals surface area contributed by atoms with Crippen LogP contribution in [0.15, 0.2) is 18.2 Å². The summed E-state index contributed by atoms with van der Waals surface area (Å²) in [4.78, 5) is 12.0. The molecule has 0 aromatic heterocycles. The summed E-state index contributed by atoms with van der Waals surface area (Å²) >= 11 is 11.7. The molecule has 0 spiro atoms. The first-order valence-electron chi connectivity index (χ1n) is 5.29. The van der Waals surface area contributed by atoms with Gasteiger partial charge in [-0.25, -0.2) is 0 Å². The highest BCUT2D eigenvalue weighted by molar-refractivity contribution is 6.42. The third-order valence-corrected chi connectivity index (χ3v) is 3.24. The maximum Gasteiger partial charge on any atom is 0.167 e. The van der Waals surface area contributed by atoms with Gasteiger partial charge in [-0.3, -0.25) is 4.79 Å². The smallest absolute Gasteiger partial charge is 0.167 e. The highest BCUT2D eigenvalue weighted by atomic mass is 35.5. The molecule has 0 aliphatic rings. The van der Waals surface area contributed by atoms with Crippen LogP contribution in [0.2, 0.25) is 10.0 Å². The van der Waals surface area contributed by atoms with Crippen LogP contribution in [0.4, 0.5) is 0 Å². The van der Waals surface area contributed by atoms with Crippen molar-refractivity contribution in [2.45, 2.75) is 19.8 Å². The molecular formula is C12H15Cl2NO. The molecule has 88 valence electrons. The number of hydrogen-bond donors (Lipinski definition) is 1. The van der Waals surface area contributed by atoms with Gasteiger partial charge in [0, 0.05) is 18.0 Å². The molecule has 1 rings (SSSR count). The molecule has 1 aromatic rings. The second-order valence-corrected chi connectivity index (χ2v) is 4.53. The molecule has 0 radical (unpaired) electrons. The van der Waals surface area contributed by atoms with Gasteiger partial charge in [0.25, 0.3) is 0 Å². The molecule has 0 saturated carbocycles. The number of halogens is 2. The fourth-order valence-electron chi connectivity index (χ4n) is 1.59. The minimum Gasteiger partial charge on any atom is -0.330 e. The zero-order valence-corrected chi connectivity index (χ0v) is 10.7. The SMILES string of the molecule is CCCC(CN)C(=O)c1ccc(Cl)c(Cl)c1. The van der Waals surface area contributed by atoms with Crippen LogP contribution in [0.1, 0.15) is 30.1 Å². The first-order valence-corrected chi connectivity index (χ1v) is 6.05. The molecule has 1 atom stereocenters. The van der Waals surface area contributed by atoms with Crippen molar-refractivity contribution in [1.29, 1.82) is 0 Å². The van der Waals surface area contributed by atoms with Gasteiger partial charge < -0.3 is 5.73 Å². The predicted octanol–water partition coefficient (Wildman–Crippen LogP) is 3.55. The normalized spacial score (nSPS) is 12.5. The van der Waals surface area contributed by atoms with Crippen LogP contribution >= 0.6 is 23.2 Å². The van der Waals surface area contributed by atoms with Gasteiger partial charge in [-0.1, -0.05) is 36.5 Å². The number of carbonyl (C=O) groups is 1. The van der Waals surface area contributed by atoms with Gasteiger partial charge >= 0.3 is 0 Å². The summed E-state index contributed by atoms with van der Waals surface area (Å²) in [6.07, 6.45) is 1.74. The molecule has 0 aliphatic carbocycles. The van der Waals surface area contributed by atoms with E-state index in [0.717, 1.165) is 12.8 Å². The average Bonchev–Trinajstić information content (AvgIpc) is 2.28. The summed E-state index contributed by atoms with van der Waals surface area (Å²) in [7, 11) is 0. The van der Waals surface area contributed by atoms with E-state index in [-0.39, 0.29) is 11.7 Å². The molecular weight excluding hydrogens is 245 g/mol. The van der Waals surface area contributed by atoms with E-state index in [0.29, 0.717) is 22.2 Å². The van der Waals surface area contributed by atoms with E-state index in [4.69, 9.17) is 28.9 Å². The lowest BCUT2D eigenvalue weighted by molar-refractivity contribution is 0.0917. The summed E-state index contributed by atoms with van der Waals surface area (Å²) in [5, 5.41) is 0.859. The fourth-order valence-corrected chi connectivity index (χ4v) is 1.89. The van der Waals surface area contributed by atoms with E-state index in [1.54, 1.807) is 18.2 Å². The number of Topliss-reactive ketones (excluding diaryl/α,β-unsaturated/α-hetero) is 1. The molecule has 0 aliphatic heterocycles. The first-order chi connectivity index (χ1) is 7.60. The molecule has 0 heterocycles. The summed E-state index contributed by atoms with van der Waals surface area (Å²) in [5.74, 6) is -0.0786. The molecule has 0 bridgehead atoms. The number of rotatable bonds is 5. The Morgan fingerprint density at radius 3 is 2.56 bits per heavy atom. The van der Waals surface area contributed by atoms with Crippen LogP contribution in [-0.4, -0.2) is 12.3 Å². The third kappa shape index (κ3) is 3.21. The number of benzene rings is 1. The van der Waals surface area contributed by atoms with Crippen LogP contribution in [0, 0.1) is 5.92 Å². The van der Waals surface area contributed by atoms with Crippen molar-refractivity contribution < 1.29 is 4.79 Å². The van der Waals surface area contributed by atoms with Gasteiger partial charge in [0.05, 0.1) is 10.0 Å². The van der Waals surface area contributed by atoms with Gasteiger partial charge in [0.2, 0.25) is 0 Å². The second-order valence-electron chi connectivity index (χ2n) is 3.71. The Morgan fingerprint density at radius 2 is 2.06 bits per heavy atom. The van der Waals surface area contributed by atoms with Crippen LogP contribution in [0.25, 0.3) is 0 Å². The van der Waals surface area contributed by atoms with Crippen molar-refractivity contribution in [3.63, 3.8) is 0 Å². The second kappa shape index (κ2) is 6.24. The number of hydrogen-bond acceptors (Lipinski definition) is 2. The summed E-state index contributed by atoms with van der Waals surface area (Å²) < 4.78 is 0. The lowest BCUT2D eigenvalue weighted by atomic mass is 9.94. The van der Waals surface area contributed by atoms with E-state index in [2.05, 4.69) is 0 Å². The molecule has 0 amide bonds. The quantitative estimate of drug-likeness (QED) is 0.822. The number of carbonyl (C=O) groups excluding carboxylic acids is 1. The Bertz CT molecular complexity index is 379. The van der Waals surface area contributed by atoms with E-state index >= 15 is 0 Å². The van der Waals surface area contributed by atoms with Crippen LogP contribution < -0.4 is 5.73 Å². The van der Waals surface area contributed by atoms with Crippen molar-refractivity contribution in [3.8, 4) is 0 Å². The predicted molar refractivity (Wildman–Crippen MR) is 68.2 cm³/mol. The zero-order valence-electron chi connectivity index (χ0n) is 9.17. The van der Waals surface area contributed by atoms with Crippen molar-refractivity contribution in [3.05, 3.63) is 33.8 Å². The summed E-state index contributed by atoms with van der Waals surface area (Å²) in [6, 6.07) is 4.93. The number of ketones is 1. The lowest BCUT2D eigenvalue weighted by Gasteiger charge is -2.12. The monoisotopic (exact) mass is 259 g/mol. The van der Waals surface area contributed by atoms with Gasteiger partial charge in [-0.15, -0.1) is 0 Å².